The molecule has 33 N–H and O–H groups in total. The van der Waals surface area contributed by atoms with Crippen molar-refractivity contribution >= 4 is 17.7 Å². The molecule has 57 heteroatoms. The Morgan fingerprint density at radius 3 is 0.876 bits per heavy atom. The quantitative estimate of drug-likeness (QED) is 0.0297. The number of amides is 3. The molecule has 0 unspecified atom stereocenters. The summed E-state index contributed by atoms with van der Waals surface area (Å²) >= 11 is 0. The molecule has 0 radical (unpaired) electrons. The summed E-state index contributed by atoms with van der Waals surface area (Å²) in [5.41, 5.74) is 0. The van der Waals surface area contributed by atoms with Crippen molar-refractivity contribution in [3.63, 3.8) is 0 Å². The predicted molar refractivity (Wildman–Crippen MR) is 394 cm³/mol. The summed E-state index contributed by atoms with van der Waals surface area (Å²) in [7, 11) is 0. The average Bonchev–Trinajstić information content (AvgIpc) is 0.764. The van der Waals surface area contributed by atoms with Crippen LogP contribution in [0.15, 0.2) is 0 Å². The summed E-state index contributed by atoms with van der Waals surface area (Å²) < 4.78 is 125. The largest absolute Gasteiger partial charge is 0.394 e. The highest BCUT2D eigenvalue weighted by molar-refractivity contribution is 5.74. The van der Waals surface area contributed by atoms with E-state index in [1.54, 1.807) is 0 Å². The zero-order valence-electron chi connectivity index (χ0n) is 69.3. The first kappa shape index (κ1) is 106. The van der Waals surface area contributed by atoms with Crippen molar-refractivity contribution in [2.45, 2.75) is 372 Å². The second-order valence-electron chi connectivity index (χ2n) is 33.0. The Morgan fingerprint density at radius 2 is 0.473 bits per heavy atom. The van der Waals surface area contributed by atoms with Gasteiger partial charge in [-0.1, -0.05) is 0 Å². The number of carbonyl (C=O) groups is 3. The van der Waals surface area contributed by atoms with Gasteiger partial charge < -0.3 is 269 Å². The maximum absolute atomic E-state index is 13.4. The Morgan fingerprint density at radius 1 is 0.217 bits per heavy atom. The first-order valence-corrected chi connectivity index (χ1v) is 41.4. The van der Waals surface area contributed by atoms with Gasteiger partial charge in [0, 0.05) is 20.8 Å². The van der Waals surface area contributed by atoms with Crippen LogP contribution in [0.3, 0.4) is 0 Å². The van der Waals surface area contributed by atoms with Crippen LogP contribution in [0.4, 0.5) is 0 Å². The van der Waals surface area contributed by atoms with Crippen LogP contribution in [0.25, 0.3) is 0 Å². The van der Waals surface area contributed by atoms with E-state index in [0.29, 0.717) is 0 Å². The van der Waals surface area contributed by atoms with E-state index in [9.17, 15) is 168 Å². The molecule has 129 heavy (non-hydrogen) atoms. The maximum Gasteiger partial charge on any atom is 0.217 e. The monoisotopic (exact) mass is 1890 g/mol. The third-order valence-electron chi connectivity index (χ3n) is 24.1. The van der Waals surface area contributed by atoms with Gasteiger partial charge in [0.25, 0.3) is 0 Å². The molecule has 748 valence electrons. The van der Waals surface area contributed by atoms with Crippen LogP contribution in [-0.4, -0.2) is 568 Å². The highest BCUT2D eigenvalue weighted by Crippen LogP contribution is 2.42. The van der Waals surface area contributed by atoms with E-state index in [0.717, 1.165) is 20.8 Å². The van der Waals surface area contributed by atoms with Crippen molar-refractivity contribution < 1.29 is 267 Å². The Labute approximate surface area is 730 Å². The minimum absolute atomic E-state index is 0.896. The number of carbonyl (C=O) groups excluding carboxylic acids is 3. The Kier molecular flexibility index (Phi) is 37.5. The lowest BCUT2D eigenvalue weighted by Gasteiger charge is -2.51. The molecule has 0 bridgehead atoms. The fourth-order valence-electron chi connectivity index (χ4n) is 16.9. The number of nitrogens with one attached hydrogen (secondary N) is 3. The van der Waals surface area contributed by atoms with Crippen LogP contribution in [0, 0.1) is 0 Å². The molecule has 11 heterocycles. The SMILES string of the molecule is CC(=O)N[C@H]1[C@H](O[C@H]2[C@@H](O)[C@@H](CO)O[C@@H](O[C@H]3[C@H](O)[C@@H](O)[C@H](O)O[C@@H]3CO)[C@@H]2O)O[C@H](CO)[C@@H](O[C@@H]2O[C@H](CO[C@@H]3O[C@H](CO)[C@@H](O[C@@H]4O[C@H](CO)[C@H](O)[C@H](O[C@H]5O[C@H](CO)[C@H](O)[C@H](O)[C@H]5O)[C@H]4O[C@@H]4O[C@@H](C)[C@@H](O)[C@@H](O)[C@@H]4O)[C@H](O)[C@H]3NC(C)=O)[C@H](O)[C@H](O[C@@H]3O[C@H](CO)[C@@H](O[C@@H]4O[C@H](CO)[C@H](O)[C@H](O)[C@H]4O[C@@H]4O[C@@H](C)[C@@H](O)[C@@H](O)[C@@H]4O)[C@H](O)[C@H]3NC(C)=O)[C@H]2O)[C@@H]1O. The van der Waals surface area contributed by atoms with Crippen molar-refractivity contribution in [1.29, 1.82) is 0 Å². The summed E-state index contributed by atoms with van der Waals surface area (Å²) in [4.78, 5) is 39.9. The van der Waals surface area contributed by atoms with Crippen LogP contribution in [-0.2, 0) is 114 Å². The minimum Gasteiger partial charge on any atom is -0.394 e. The van der Waals surface area contributed by atoms with Gasteiger partial charge in [0.05, 0.1) is 71.7 Å². The molecule has 11 fully saturated rings. The van der Waals surface area contributed by atoms with Gasteiger partial charge in [0.1, 0.15) is 256 Å². The van der Waals surface area contributed by atoms with Crippen LogP contribution >= 0.6 is 0 Å². The van der Waals surface area contributed by atoms with E-state index in [2.05, 4.69) is 16.0 Å². The fourth-order valence-corrected chi connectivity index (χ4v) is 16.9. The molecule has 0 saturated carbocycles. The lowest BCUT2D eigenvalue weighted by Crippen LogP contribution is -2.71. The topological polar surface area (TPSA) is 888 Å². The number of hydrogen-bond acceptors (Lipinski definition) is 54. The molecule has 0 aromatic rings. The highest BCUT2D eigenvalue weighted by atomic mass is 16.8. The first-order chi connectivity index (χ1) is 61.0. The molecule has 0 aromatic heterocycles. The Bertz CT molecular complexity index is 3480. The van der Waals surface area contributed by atoms with Gasteiger partial charge in [-0.05, 0) is 13.8 Å². The van der Waals surface area contributed by atoms with Crippen LogP contribution in [0.2, 0.25) is 0 Å². The van der Waals surface area contributed by atoms with Gasteiger partial charge in [-0.25, -0.2) is 0 Å². The number of rotatable bonds is 32. The second-order valence-corrected chi connectivity index (χ2v) is 33.0. The summed E-state index contributed by atoms with van der Waals surface area (Å²) in [6.45, 7) is -5.14. The van der Waals surface area contributed by atoms with Gasteiger partial charge in [0.15, 0.2) is 69.2 Å². The van der Waals surface area contributed by atoms with E-state index >= 15 is 0 Å². The highest BCUT2D eigenvalue weighted by Gasteiger charge is 2.63. The fraction of sp³-hybridized carbons (Fsp3) is 0.958. The third kappa shape index (κ3) is 22.9. The number of aliphatic hydroxyl groups is 30. The van der Waals surface area contributed by atoms with Crippen molar-refractivity contribution in [3.05, 3.63) is 0 Å². The van der Waals surface area contributed by atoms with Crippen molar-refractivity contribution in [2.24, 2.45) is 0 Å². The summed E-state index contributed by atoms with van der Waals surface area (Å²) in [5, 5.41) is 342. The summed E-state index contributed by atoms with van der Waals surface area (Å²) in [5.74, 6) is -3.05. The standard InChI is InChI=1S/C72H121N3O54/c1-15-32(87)42(97)48(103)66(110-15)128-60-45(100)35(90)21(7-77)115-71(60)123-55-27(13-83)119-65(31(41(55)96)75-19(5)86)126-58-38(93)28(120-70(52(58)107)121-53-26(12-82)118-64(30(40(53)95)74-18(4)85)125-57-36(91)22(8-78)114-69(51(57)106)122-56-24(10-80)112-62(108)47(102)46(56)101)14-109-63-29(73-17(3)84)39(94)54(25(11-81)117-63)124-72-61(129-67-49(104)43(98)33(88)16(2)111-67)59(37(92)23(9-79)116-72)127-68-50(105)44(99)34(89)20(6-76)113-68/h15-16,20-72,76-83,87-108H,6-14H2,1-5H3,(H,73,84)(H,74,85)(H,75,86)/t15-,16-,20+,21+,22+,23+,24+,25+,26+,27+,28+,29+,30+,31+,32+,33+,34-,35-,36-,37-,38-,39+,40+,41+,42+,43+,44-,45-,46+,47+,48-,49-,50+,51+,52+,53+,54+,55+,56+,57-,58-,59-,60+,61+,62+,63+,64-,65-,66-,67-,68+,69-,70-,71-,72-/m0/s1. The maximum atomic E-state index is 13.4. The van der Waals surface area contributed by atoms with Crippen molar-refractivity contribution in [1.82, 2.24) is 16.0 Å². The molecule has 0 spiro atoms. The van der Waals surface area contributed by atoms with E-state index in [1.807, 2.05) is 0 Å². The molecule has 11 aliphatic heterocycles. The summed E-state index contributed by atoms with van der Waals surface area (Å²) in [6, 6.07) is -6.16. The zero-order valence-corrected chi connectivity index (χ0v) is 69.3. The predicted octanol–water partition coefficient (Wildman–Crippen LogP) is -22.5. The van der Waals surface area contributed by atoms with Crippen molar-refractivity contribution in [3.8, 4) is 0 Å². The van der Waals surface area contributed by atoms with Gasteiger partial charge in [-0.3, -0.25) is 14.4 Å². The molecule has 11 rings (SSSR count). The minimum atomic E-state index is -2.59. The number of hydrogen-bond donors (Lipinski definition) is 33. The van der Waals surface area contributed by atoms with Crippen molar-refractivity contribution in [2.75, 3.05) is 59.5 Å². The third-order valence-corrected chi connectivity index (χ3v) is 24.1. The van der Waals surface area contributed by atoms with Crippen LogP contribution < -0.4 is 16.0 Å². The van der Waals surface area contributed by atoms with Gasteiger partial charge in [-0.2, -0.15) is 0 Å². The average molecular weight is 1890 g/mol. The number of ether oxygens (including phenoxy) is 21. The Hall–Kier alpha value is -3.63. The molecule has 11 aliphatic rings. The lowest BCUT2D eigenvalue weighted by atomic mass is 9.93. The van der Waals surface area contributed by atoms with E-state index < -0.39 is 415 Å². The normalized spacial score (nSPS) is 51.3. The smallest absolute Gasteiger partial charge is 0.217 e. The van der Waals surface area contributed by atoms with E-state index in [-0.39, 0.29) is 0 Å². The molecule has 0 aliphatic carbocycles. The Balaban J connectivity index is 0.908. The molecular weight excluding hydrogens is 1770 g/mol. The molecule has 0 aromatic carbocycles. The summed E-state index contributed by atoms with van der Waals surface area (Å²) in [6.07, 6.45) is -108. The van der Waals surface area contributed by atoms with Crippen LogP contribution in [0.5, 0.6) is 0 Å². The molecule has 55 atom stereocenters. The van der Waals surface area contributed by atoms with Gasteiger partial charge >= 0.3 is 0 Å². The second kappa shape index (κ2) is 45.8. The first-order valence-electron chi connectivity index (χ1n) is 41.4. The van der Waals surface area contributed by atoms with Gasteiger partial charge in [-0.15, -0.1) is 0 Å². The van der Waals surface area contributed by atoms with Crippen LogP contribution in [0.1, 0.15) is 34.6 Å². The van der Waals surface area contributed by atoms with E-state index in [1.165, 1.54) is 13.8 Å². The molecule has 11 saturated heterocycles. The lowest BCUT2D eigenvalue weighted by molar-refractivity contribution is -0.403. The number of aliphatic hydroxyl groups excluding tert-OH is 30. The molecule has 3 amide bonds. The van der Waals surface area contributed by atoms with E-state index in [4.69, 9.17) is 99.5 Å². The molecule has 57 nitrogen and oxygen atoms in total. The van der Waals surface area contributed by atoms with Gasteiger partial charge in [0.2, 0.25) is 17.7 Å². The zero-order chi connectivity index (χ0) is 94.8. The molecular formula is C72H121N3O54.